The summed E-state index contributed by atoms with van der Waals surface area (Å²) in [6.45, 7) is 6.53. The molecular formula is C13H20ClN3O. The van der Waals surface area contributed by atoms with Gasteiger partial charge in [0.15, 0.2) is 0 Å². The molecule has 0 aliphatic heterocycles. The number of rotatable bonds is 5. The van der Waals surface area contributed by atoms with E-state index in [-0.39, 0.29) is 5.91 Å². The van der Waals surface area contributed by atoms with Crippen molar-refractivity contribution < 1.29 is 4.79 Å². The molecule has 0 radical (unpaired) electrons. The molecular weight excluding hydrogens is 250 g/mol. The number of nitrogens with zero attached hydrogens (tertiary/aromatic N) is 1. The van der Waals surface area contributed by atoms with E-state index in [1.54, 1.807) is 12.1 Å². The third-order valence-corrected chi connectivity index (χ3v) is 2.91. The van der Waals surface area contributed by atoms with Crippen molar-refractivity contribution in [2.45, 2.75) is 32.7 Å². The predicted molar refractivity (Wildman–Crippen MR) is 73.6 cm³/mol. The van der Waals surface area contributed by atoms with Crippen molar-refractivity contribution in [3.05, 3.63) is 29.0 Å². The summed E-state index contributed by atoms with van der Waals surface area (Å²) in [5, 5.41) is 3.45. The topological polar surface area (TPSA) is 68.0 Å². The van der Waals surface area contributed by atoms with Gasteiger partial charge in [-0.2, -0.15) is 0 Å². The first kappa shape index (κ1) is 14.9. The normalized spacial score (nSPS) is 14.3. The smallest absolute Gasteiger partial charge is 0.270 e. The standard InChI is InChI=1S/C13H20ClN3O/c1-9(2)6-13(3,8-15)17-12(18)11-5-4-10(14)7-16-11/h4-5,7,9H,6,8,15H2,1-3H3,(H,17,18). The number of carbonyl (C=O) groups is 1. The van der Waals surface area contributed by atoms with Crippen molar-refractivity contribution >= 4 is 17.5 Å². The van der Waals surface area contributed by atoms with E-state index in [1.165, 1.54) is 6.20 Å². The van der Waals surface area contributed by atoms with E-state index in [0.29, 0.717) is 23.2 Å². The summed E-state index contributed by atoms with van der Waals surface area (Å²) in [5.74, 6) is 0.234. The summed E-state index contributed by atoms with van der Waals surface area (Å²) in [7, 11) is 0. The Hall–Kier alpha value is -1.13. The highest BCUT2D eigenvalue weighted by atomic mass is 35.5. The van der Waals surface area contributed by atoms with Gasteiger partial charge in [-0.05, 0) is 31.4 Å². The first-order valence-corrected chi connectivity index (χ1v) is 6.38. The molecule has 1 amide bonds. The van der Waals surface area contributed by atoms with Gasteiger partial charge in [0.25, 0.3) is 5.91 Å². The van der Waals surface area contributed by atoms with Crippen molar-refractivity contribution in [1.82, 2.24) is 10.3 Å². The van der Waals surface area contributed by atoms with E-state index < -0.39 is 5.54 Å². The summed E-state index contributed by atoms with van der Waals surface area (Å²) in [6.07, 6.45) is 2.28. The average molecular weight is 270 g/mol. The van der Waals surface area contributed by atoms with Gasteiger partial charge in [0.05, 0.1) is 10.6 Å². The summed E-state index contributed by atoms with van der Waals surface area (Å²) in [5.41, 5.74) is 5.69. The third kappa shape index (κ3) is 4.27. The molecule has 0 spiro atoms. The van der Waals surface area contributed by atoms with Crippen LogP contribution in [0.15, 0.2) is 18.3 Å². The first-order chi connectivity index (χ1) is 8.36. The van der Waals surface area contributed by atoms with Gasteiger partial charge in [-0.3, -0.25) is 4.79 Å². The monoisotopic (exact) mass is 269 g/mol. The Morgan fingerprint density at radius 1 is 1.56 bits per heavy atom. The third-order valence-electron chi connectivity index (χ3n) is 2.68. The highest BCUT2D eigenvalue weighted by molar-refractivity contribution is 6.30. The molecule has 3 N–H and O–H groups in total. The zero-order valence-electron chi connectivity index (χ0n) is 11.0. The zero-order valence-corrected chi connectivity index (χ0v) is 11.8. The largest absolute Gasteiger partial charge is 0.344 e. The van der Waals surface area contributed by atoms with Gasteiger partial charge < -0.3 is 11.1 Å². The van der Waals surface area contributed by atoms with Crippen LogP contribution < -0.4 is 11.1 Å². The maximum Gasteiger partial charge on any atom is 0.270 e. The molecule has 0 aliphatic carbocycles. The Morgan fingerprint density at radius 2 is 2.22 bits per heavy atom. The molecule has 18 heavy (non-hydrogen) atoms. The maximum absolute atomic E-state index is 12.0. The molecule has 0 saturated heterocycles. The molecule has 1 unspecified atom stereocenters. The van der Waals surface area contributed by atoms with Crippen LogP contribution in [0.4, 0.5) is 0 Å². The molecule has 1 aromatic heterocycles. The minimum atomic E-state index is -0.410. The van der Waals surface area contributed by atoms with Gasteiger partial charge in [-0.15, -0.1) is 0 Å². The minimum Gasteiger partial charge on any atom is -0.344 e. The van der Waals surface area contributed by atoms with Gasteiger partial charge in [0.2, 0.25) is 0 Å². The molecule has 5 heteroatoms. The van der Waals surface area contributed by atoms with E-state index in [2.05, 4.69) is 24.1 Å². The lowest BCUT2D eigenvalue weighted by molar-refractivity contribution is 0.0893. The second kappa shape index (κ2) is 6.16. The van der Waals surface area contributed by atoms with Crippen LogP contribution in [0, 0.1) is 5.92 Å². The Morgan fingerprint density at radius 3 is 2.67 bits per heavy atom. The van der Waals surface area contributed by atoms with Crippen LogP contribution in [0.3, 0.4) is 0 Å². The number of halogens is 1. The molecule has 0 aliphatic rings. The lowest BCUT2D eigenvalue weighted by Gasteiger charge is -2.31. The number of amides is 1. The van der Waals surface area contributed by atoms with E-state index >= 15 is 0 Å². The number of pyridine rings is 1. The predicted octanol–water partition coefficient (Wildman–Crippen LogP) is 2.23. The number of nitrogens with two attached hydrogens (primary N) is 1. The summed E-state index contributed by atoms with van der Waals surface area (Å²) >= 11 is 5.73. The van der Waals surface area contributed by atoms with Crippen molar-refractivity contribution in [1.29, 1.82) is 0 Å². The quantitative estimate of drug-likeness (QED) is 0.861. The van der Waals surface area contributed by atoms with E-state index in [9.17, 15) is 4.79 Å². The van der Waals surface area contributed by atoms with Crippen molar-refractivity contribution in [3.8, 4) is 0 Å². The Labute approximate surface area is 113 Å². The lowest BCUT2D eigenvalue weighted by Crippen LogP contribution is -2.52. The molecule has 0 aromatic carbocycles. The lowest BCUT2D eigenvalue weighted by atomic mass is 9.90. The van der Waals surface area contributed by atoms with E-state index in [4.69, 9.17) is 17.3 Å². The molecule has 100 valence electrons. The van der Waals surface area contributed by atoms with E-state index in [1.807, 2.05) is 6.92 Å². The van der Waals surface area contributed by atoms with Gasteiger partial charge >= 0.3 is 0 Å². The van der Waals surface area contributed by atoms with Crippen LogP contribution in [0.5, 0.6) is 0 Å². The Kier molecular flexibility index (Phi) is 5.11. The zero-order chi connectivity index (χ0) is 13.8. The van der Waals surface area contributed by atoms with Gasteiger partial charge in [0.1, 0.15) is 5.69 Å². The maximum atomic E-state index is 12.0. The van der Waals surface area contributed by atoms with Crippen molar-refractivity contribution in [3.63, 3.8) is 0 Å². The SMILES string of the molecule is CC(C)CC(C)(CN)NC(=O)c1ccc(Cl)cn1. The molecule has 0 bridgehead atoms. The molecule has 1 heterocycles. The van der Waals surface area contributed by atoms with Crippen LogP contribution in [-0.4, -0.2) is 23.0 Å². The summed E-state index contributed by atoms with van der Waals surface area (Å²) < 4.78 is 0. The van der Waals surface area contributed by atoms with Crippen LogP contribution in [-0.2, 0) is 0 Å². The molecule has 0 fully saturated rings. The summed E-state index contributed by atoms with van der Waals surface area (Å²) in [6, 6.07) is 3.25. The number of carbonyl (C=O) groups excluding carboxylic acids is 1. The highest BCUT2D eigenvalue weighted by Gasteiger charge is 2.26. The summed E-state index contributed by atoms with van der Waals surface area (Å²) in [4.78, 5) is 16.0. The van der Waals surface area contributed by atoms with Crippen LogP contribution in [0.1, 0.15) is 37.7 Å². The molecule has 1 aromatic rings. The molecule has 1 rings (SSSR count). The molecule has 0 saturated carbocycles. The number of aromatic nitrogens is 1. The van der Waals surface area contributed by atoms with Gasteiger partial charge in [-0.25, -0.2) is 4.98 Å². The molecule has 1 atom stereocenters. The van der Waals surface area contributed by atoms with Crippen molar-refractivity contribution in [2.24, 2.45) is 11.7 Å². The first-order valence-electron chi connectivity index (χ1n) is 6.00. The van der Waals surface area contributed by atoms with Gasteiger partial charge in [0, 0.05) is 12.7 Å². The van der Waals surface area contributed by atoms with Crippen LogP contribution in [0.2, 0.25) is 5.02 Å². The van der Waals surface area contributed by atoms with Crippen LogP contribution >= 0.6 is 11.6 Å². The fourth-order valence-corrected chi connectivity index (χ4v) is 2.05. The second-order valence-corrected chi connectivity index (χ2v) is 5.61. The fraction of sp³-hybridized carbons (Fsp3) is 0.538. The van der Waals surface area contributed by atoms with E-state index in [0.717, 1.165) is 6.42 Å². The van der Waals surface area contributed by atoms with Gasteiger partial charge in [-0.1, -0.05) is 25.4 Å². The highest BCUT2D eigenvalue weighted by Crippen LogP contribution is 2.16. The van der Waals surface area contributed by atoms with Crippen LogP contribution in [0.25, 0.3) is 0 Å². The van der Waals surface area contributed by atoms with Crippen molar-refractivity contribution in [2.75, 3.05) is 6.54 Å². The minimum absolute atomic E-state index is 0.222. The fourth-order valence-electron chi connectivity index (χ4n) is 1.93. The number of hydrogen-bond donors (Lipinski definition) is 2. The molecule has 4 nitrogen and oxygen atoms in total. The average Bonchev–Trinajstić information content (AvgIpc) is 2.28. The Bertz CT molecular complexity index is 405. The number of hydrogen-bond acceptors (Lipinski definition) is 3. The number of nitrogens with one attached hydrogen (secondary N) is 1. The Balaban J connectivity index is 2.76. The second-order valence-electron chi connectivity index (χ2n) is 5.18.